The van der Waals surface area contributed by atoms with E-state index in [1.54, 1.807) is 24.3 Å². The van der Waals surface area contributed by atoms with Gasteiger partial charge in [0.05, 0.1) is 31.0 Å². The average Bonchev–Trinajstić information content (AvgIpc) is 2.72. The third-order valence-electron chi connectivity index (χ3n) is 4.13. The highest BCUT2D eigenvalue weighted by Crippen LogP contribution is 2.20. The van der Waals surface area contributed by atoms with Crippen molar-refractivity contribution in [3.8, 4) is 0 Å². The first-order valence-electron chi connectivity index (χ1n) is 8.18. The number of aromatic amines is 1. The zero-order valence-corrected chi connectivity index (χ0v) is 15.1. The van der Waals surface area contributed by atoms with Gasteiger partial charge in [0.1, 0.15) is 5.56 Å². The highest BCUT2D eigenvalue weighted by Gasteiger charge is 2.19. The van der Waals surface area contributed by atoms with Crippen LogP contribution in [0.25, 0.3) is 10.9 Å². The number of ether oxygens (including phenoxy) is 2. The van der Waals surface area contributed by atoms with E-state index in [-0.39, 0.29) is 22.4 Å². The summed E-state index contributed by atoms with van der Waals surface area (Å²) in [6.07, 6.45) is 1.29. The zero-order valence-electron chi connectivity index (χ0n) is 15.1. The number of hydrogen-bond acceptors (Lipinski definition) is 6. The molecule has 1 amide bonds. The normalized spacial score (nSPS) is 10.4. The minimum Gasteiger partial charge on any atom is -0.465 e. The SMILES string of the molecule is COC(=O)c1ccc(C(=O)OC)c(NC(=O)c2c[nH]c3ccccc3c2=O)c1. The first-order chi connectivity index (χ1) is 13.5. The van der Waals surface area contributed by atoms with Crippen LogP contribution >= 0.6 is 0 Å². The fourth-order valence-corrected chi connectivity index (χ4v) is 2.71. The van der Waals surface area contributed by atoms with E-state index in [2.05, 4.69) is 15.0 Å². The molecule has 0 fully saturated rings. The van der Waals surface area contributed by atoms with Gasteiger partial charge < -0.3 is 19.8 Å². The molecule has 0 bridgehead atoms. The fraction of sp³-hybridized carbons (Fsp3) is 0.100. The summed E-state index contributed by atoms with van der Waals surface area (Å²) in [4.78, 5) is 51.9. The number of esters is 2. The third-order valence-corrected chi connectivity index (χ3v) is 4.13. The summed E-state index contributed by atoms with van der Waals surface area (Å²) in [5, 5.41) is 2.85. The first kappa shape index (κ1) is 18.8. The van der Waals surface area contributed by atoms with Crippen LogP contribution in [-0.2, 0) is 9.47 Å². The van der Waals surface area contributed by atoms with Crippen molar-refractivity contribution in [2.24, 2.45) is 0 Å². The molecular weight excluding hydrogens is 364 g/mol. The lowest BCUT2D eigenvalue weighted by molar-refractivity contribution is 0.0587. The molecule has 0 unspecified atom stereocenters. The van der Waals surface area contributed by atoms with Crippen LogP contribution in [0, 0.1) is 0 Å². The quantitative estimate of drug-likeness (QED) is 0.672. The monoisotopic (exact) mass is 380 g/mol. The number of hydrogen-bond donors (Lipinski definition) is 2. The summed E-state index contributed by atoms with van der Waals surface area (Å²) in [5.74, 6) is -2.09. The average molecular weight is 380 g/mol. The topological polar surface area (TPSA) is 115 Å². The number of nitrogens with one attached hydrogen (secondary N) is 2. The maximum absolute atomic E-state index is 12.7. The minimum atomic E-state index is -0.737. The third kappa shape index (κ3) is 3.48. The predicted molar refractivity (Wildman–Crippen MR) is 102 cm³/mol. The summed E-state index contributed by atoms with van der Waals surface area (Å²) < 4.78 is 9.35. The number of anilines is 1. The van der Waals surface area contributed by atoms with Crippen LogP contribution in [-0.4, -0.2) is 37.0 Å². The molecule has 0 saturated carbocycles. The van der Waals surface area contributed by atoms with Crippen molar-refractivity contribution in [2.75, 3.05) is 19.5 Å². The second-order valence-electron chi connectivity index (χ2n) is 5.77. The second-order valence-corrected chi connectivity index (χ2v) is 5.77. The van der Waals surface area contributed by atoms with Gasteiger partial charge in [-0.2, -0.15) is 0 Å². The van der Waals surface area contributed by atoms with E-state index in [1.807, 2.05) is 0 Å². The molecule has 0 radical (unpaired) electrons. The molecule has 0 saturated heterocycles. The molecule has 1 aromatic heterocycles. The van der Waals surface area contributed by atoms with Crippen molar-refractivity contribution >= 4 is 34.4 Å². The Bertz CT molecular complexity index is 1150. The fourth-order valence-electron chi connectivity index (χ4n) is 2.71. The van der Waals surface area contributed by atoms with Gasteiger partial charge in [-0.1, -0.05) is 12.1 Å². The summed E-state index contributed by atoms with van der Waals surface area (Å²) in [6.45, 7) is 0. The lowest BCUT2D eigenvalue weighted by Gasteiger charge is -2.11. The van der Waals surface area contributed by atoms with E-state index in [4.69, 9.17) is 4.74 Å². The number of aromatic nitrogens is 1. The number of fused-ring (bicyclic) bond motifs is 1. The molecular formula is C20H16N2O6. The van der Waals surface area contributed by atoms with Crippen LogP contribution in [0.1, 0.15) is 31.1 Å². The molecule has 8 nitrogen and oxygen atoms in total. The van der Waals surface area contributed by atoms with Gasteiger partial charge in [-0.25, -0.2) is 9.59 Å². The van der Waals surface area contributed by atoms with Gasteiger partial charge in [0.15, 0.2) is 0 Å². The highest BCUT2D eigenvalue weighted by atomic mass is 16.5. The van der Waals surface area contributed by atoms with Crippen molar-refractivity contribution in [1.29, 1.82) is 0 Å². The molecule has 28 heavy (non-hydrogen) atoms. The predicted octanol–water partition coefficient (Wildman–Crippen LogP) is 2.35. The summed E-state index contributed by atoms with van der Waals surface area (Å²) in [5.41, 5.74) is 0.159. The number of rotatable bonds is 4. The van der Waals surface area contributed by atoms with Crippen LogP contribution in [0.2, 0.25) is 0 Å². The number of pyridine rings is 1. The second kappa shape index (κ2) is 7.75. The Kier molecular flexibility index (Phi) is 5.21. The van der Waals surface area contributed by atoms with Gasteiger partial charge in [0.25, 0.3) is 5.91 Å². The van der Waals surface area contributed by atoms with Crippen LogP contribution < -0.4 is 10.7 Å². The Hall–Kier alpha value is -3.94. The molecule has 2 aromatic carbocycles. The van der Waals surface area contributed by atoms with E-state index in [1.165, 1.54) is 38.6 Å². The maximum Gasteiger partial charge on any atom is 0.339 e. The maximum atomic E-state index is 12.7. The number of carbonyl (C=O) groups is 3. The molecule has 0 aliphatic carbocycles. The number of para-hydroxylation sites is 1. The molecule has 0 atom stereocenters. The summed E-state index contributed by atoms with van der Waals surface area (Å²) >= 11 is 0. The van der Waals surface area contributed by atoms with Crippen molar-refractivity contribution in [2.45, 2.75) is 0 Å². The van der Waals surface area contributed by atoms with Crippen LogP contribution in [0.4, 0.5) is 5.69 Å². The molecule has 0 spiro atoms. The summed E-state index contributed by atoms with van der Waals surface area (Å²) in [6, 6.07) is 10.8. The van der Waals surface area contributed by atoms with Crippen LogP contribution in [0.5, 0.6) is 0 Å². The Morgan fingerprint density at radius 2 is 1.64 bits per heavy atom. The Morgan fingerprint density at radius 1 is 0.929 bits per heavy atom. The Morgan fingerprint density at radius 3 is 2.36 bits per heavy atom. The molecule has 2 N–H and O–H groups in total. The lowest BCUT2D eigenvalue weighted by Crippen LogP contribution is -2.23. The lowest BCUT2D eigenvalue weighted by atomic mass is 10.1. The molecule has 0 aliphatic rings. The van der Waals surface area contributed by atoms with Crippen molar-refractivity contribution in [3.05, 3.63) is 75.6 Å². The number of methoxy groups -OCH3 is 2. The van der Waals surface area contributed by atoms with Gasteiger partial charge in [0.2, 0.25) is 5.43 Å². The molecule has 142 valence electrons. The van der Waals surface area contributed by atoms with E-state index in [0.717, 1.165) is 0 Å². The number of carbonyl (C=O) groups excluding carboxylic acids is 3. The molecule has 3 rings (SSSR count). The molecule has 0 aliphatic heterocycles. The van der Waals surface area contributed by atoms with Crippen LogP contribution in [0.3, 0.4) is 0 Å². The first-order valence-corrected chi connectivity index (χ1v) is 8.18. The Labute approximate surface area is 159 Å². The molecule has 3 aromatic rings. The van der Waals surface area contributed by atoms with Gasteiger partial charge in [-0.15, -0.1) is 0 Å². The van der Waals surface area contributed by atoms with Gasteiger partial charge >= 0.3 is 11.9 Å². The van der Waals surface area contributed by atoms with Crippen LogP contribution in [0.15, 0.2) is 53.5 Å². The van der Waals surface area contributed by atoms with Gasteiger partial charge in [0, 0.05) is 17.1 Å². The number of H-pyrrole nitrogens is 1. The van der Waals surface area contributed by atoms with E-state index >= 15 is 0 Å². The van der Waals surface area contributed by atoms with E-state index in [0.29, 0.717) is 10.9 Å². The Balaban J connectivity index is 2.03. The van der Waals surface area contributed by atoms with Crippen molar-refractivity contribution < 1.29 is 23.9 Å². The zero-order chi connectivity index (χ0) is 20.3. The number of benzene rings is 2. The minimum absolute atomic E-state index is 0.0207. The van der Waals surface area contributed by atoms with Crippen molar-refractivity contribution in [1.82, 2.24) is 4.98 Å². The standard InChI is InChI=1S/C20H16N2O6/c1-27-19(25)11-7-8-13(20(26)28-2)16(9-11)22-18(24)14-10-21-15-6-4-3-5-12(15)17(14)23/h3-10H,1-2H3,(H,21,23)(H,22,24). The number of amides is 1. The van der Waals surface area contributed by atoms with Gasteiger partial charge in [-0.05, 0) is 30.3 Å². The highest BCUT2D eigenvalue weighted by molar-refractivity contribution is 6.09. The molecule has 8 heteroatoms. The smallest absolute Gasteiger partial charge is 0.339 e. The molecule has 1 heterocycles. The van der Waals surface area contributed by atoms with Gasteiger partial charge in [-0.3, -0.25) is 9.59 Å². The van der Waals surface area contributed by atoms with E-state index < -0.39 is 23.3 Å². The largest absolute Gasteiger partial charge is 0.465 e. The van der Waals surface area contributed by atoms with E-state index in [9.17, 15) is 19.2 Å². The van der Waals surface area contributed by atoms with Crippen molar-refractivity contribution in [3.63, 3.8) is 0 Å². The summed E-state index contributed by atoms with van der Waals surface area (Å²) in [7, 11) is 2.40.